The van der Waals surface area contributed by atoms with Crippen LogP contribution in [0.1, 0.15) is 36.3 Å². The molecule has 1 aliphatic carbocycles. The van der Waals surface area contributed by atoms with Crippen LogP contribution in [0.4, 0.5) is 8.78 Å². The third kappa shape index (κ3) is 2.15. The van der Waals surface area contributed by atoms with Crippen molar-refractivity contribution in [1.82, 2.24) is 0 Å². The minimum Gasteiger partial charge on any atom is -0.207 e. The van der Waals surface area contributed by atoms with Gasteiger partial charge in [0.2, 0.25) is 0 Å². The summed E-state index contributed by atoms with van der Waals surface area (Å²) < 4.78 is 26.6. The lowest BCUT2D eigenvalue weighted by Gasteiger charge is -2.12. The highest BCUT2D eigenvalue weighted by Crippen LogP contribution is 2.38. The van der Waals surface area contributed by atoms with Crippen molar-refractivity contribution < 1.29 is 8.78 Å². The number of halogens is 3. The molecule has 0 heterocycles. The molecule has 1 aromatic rings. The van der Waals surface area contributed by atoms with Gasteiger partial charge in [0, 0.05) is 11.4 Å². The van der Waals surface area contributed by atoms with Crippen LogP contribution in [-0.4, -0.2) is 5.38 Å². The molecule has 1 aromatic carbocycles. The average molecular weight is 231 g/mol. The van der Waals surface area contributed by atoms with E-state index in [2.05, 4.69) is 0 Å². The van der Waals surface area contributed by atoms with Gasteiger partial charge in [0.25, 0.3) is 0 Å². The van der Waals surface area contributed by atoms with Gasteiger partial charge >= 0.3 is 0 Å². The molecule has 0 nitrogen and oxygen atoms in total. The van der Waals surface area contributed by atoms with E-state index in [9.17, 15) is 8.78 Å². The van der Waals surface area contributed by atoms with Gasteiger partial charge in [0.1, 0.15) is 11.6 Å². The van der Waals surface area contributed by atoms with Crippen LogP contribution in [0.15, 0.2) is 12.1 Å². The number of rotatable bonds is 1. The Morgan fingerprint density at radius 1 is 1.20 bits per heavy atom. The first kappa shape index (κ1) is 10.9. The Balaban J connectivity index is 2.32. The van der Waals surface area contributed by atoms with E-state index in [1.165, 1.54) is 0 Å². The van der Waals surface area contributed by atoms with E-state index < -0.39 is 11.6 Å². The summed E-state index contributed by atoms with van der Waals surface area (Å²) in [6.45, 7) is 1.66. The summed E-state index contributed by atoms with van der Waals surface area (Å²) in [7, 11) is 0. The molecule has 0 amide bonds. The minimum absolute atomic E-state index is 0.139. The van der Waals surface area contributed by atoms with Crippen molar-refractivity contribution >= 4 is 11.6 Å². The lowest BCUT2D eigenvalue weighted by atomic mass is 9.95. The van der Waals surface area contributed by atoms with Gasteiger partial charge in [-0.2, -0.15) is 0 Å². The minimum atomic E-state index is -0.475. The molecule has 1 saturated carbocycles. The van der Waals surface area contributed by atoms with Gasteiger partial charge < -0.3 is 0 Å². The average Bonchev–Trinajstić information content (AvgIpc) is 2.58. The van der Waals surface area contributed by atoms with E-state index in [1.807, 2.05) is 0 Å². The predicted octanol–water partition coefficient (Wildman–Crippen LogP) is 4.15. The standard InChI is InChI=1S/C12H13ClF2/c1-7-4-10(12(15)6-11(7)14)8-2-3-9(13)5-8/h4,6,8-9H,2-3,5H2,1H3. The Kier molecular flexibility index (Phi) is 2.96. The molecule has 3 heteroatoms. The molecule has 0 radical (unpaired) electrons. The van der Waals surface area contributed by atoms with E-state index >= 15 is 0 Å². The van der Waals surface area contributed by atoms with Crippen molar-refractivity contribution in [2.24, 2.45) is 0 Å². The van der Waals surface area contributed by atoms with Crippen molar-refractivity contribution in [1.29, 1.82) is 0 Å². The molecule has 0 aliphatic heterocycles. The zero-order valence-corrected chi connectivity index (χ0v) is 9.32. The van der Waals surface area contributed by atoms with Crippen LogP contribution < -0.4 is 0 Å². The molecule has 82 valence electrons. The maximum absolute atomic E-state index is 13.5. The maximum Gasteiger partial charge on any atom is 0.129 e. The second-order valence-corrected chi connectivity index (χ2v) is 4.85. The smallest absolute Gasteiger partial charge is 0.129 e. The first-order valence-electron chi connectivity index (χ1n) is 5.17. The van der Waals surface area contributed by atoms with Gasteiger partial charge in [-0.05, 0) is 49.3 Å². The molecular weight excluding hydrogens is 218 g/mol. The Morgan fingerprint density at radius 2 is 1.93 bits per heavy atom. The van der Waals surface area contributed by atoms with Crippen molar-refractivity contribution in [2.75, 3.05) is 0 Å². The Morgan fingerprint density at radius 3 is 2.53 bits per heavy atom. The first-order valence-corrected chi connectivity index (χ1v) is 5.61. The van der Waals surface area contributed by atoms with Crippen molar-refractivity contribution in [3.05, 3.63) is 34.9 Å². The van der Waals surface area contributed by atoms with Gasteiger partial charge in [-0.3, -0.25) is 0 Å². The highest BCUT2D eigenvalue weighted by molar-refractivity contribution is 6.20. The Bertz CT molecular complexity index is 376. The van der Waals surface area contributed by atoms with Crippen LogP contribution in [0, 0.1) is 18.6 Å². The second kappa shape index (κ2) is 4.09. The molecule has 1 fully saturated rings. The fraction of sp³-hybridized carbons (Fsp3) is 0.500. The predicted molar refractivity (Wildman–Crippen MR) is 57.3 cm³/mol. The summed E-state index contributed by atoms with van der Waals surface area (Å²) in [6, 6.07) is 2.59. The third-order valence-electron chi connectivity index (χ3n) is 3.09. The zero-order valence-electron chi connectivity index (χ0n) is 8.56. The van der Waals surface area contributed by atoms with Crippen molar-refractivity contribution in [3.63, 3.8) is 0 Å². The fourth-order valence-corrected chi connectivity index (χ4v) is 2.54. The quantitative estimate of drug-likeness (QED) is 0.636. The number of benzene rings is 1. The molecule has 0 N–H and O–H groups in total. The van der Waals surface area contributed by atoms with Crippen LogP contribution in [-0.2, 0) is 0 Å². The summed E-state index contributed by atoms with van der Waals surface area (Å²) in [5.41, 5.74) is 1.13. The summed E-state index contributed by atoms with van der Waals surface area (Å²) in [5.74, 6) is -0.752. The molecule has 2 unspecified atom stereocenters. The van der Waals surface area contributed by atoms with E-state index in [1.54, 1.807) is 13.0 Å². The largest absolute Gasteiger partial charge is 0.207 e. The normalized spacial score (nSPS) is 25.9. The lowest BCUT2D eigenvalue weighted by Crippen LogP contribution is -2.00. The van der Waals surface area contributed by atoms with E-state index in [0.29, 0.717) is 11.1 Å². The molecular formula is C12H13ClF2. The van der Waals surface area contributed by atoms with Crippen LogP contribution in [0.2, 0.25) is 0 Å². The van der Waals surface area contributed by atoms with Gasteiger partial charge in [0.05, 0.1) is 0 Å². The Hall–Kier alpha value is -0.630. The monoisotopic (exact) mass is 230 g/mol. The second-order valence-electron chi connectivity index (χ2n) is 4.23. The van der Waals surface area contributed by atoms with Crippen molar-refractivity contribution in [3.8, 4) is 0 Å². The van der Waals surface area contributed by atoms with E-state index in [-0.39, 0.29) is 11.3 Å². The molecule has 15 heavy (non-hydrogen) atoms. The van der Waals surface area contributed by atoms with Gasteiger partial charge in [-0.15, -0.1) is 11.6 Å². The van der Waals surface area contributed by atoms with Crippen LogP contribution in [0.25, 0.3) is 0 Å². The van der Waals surface area contributed by atoms with Crippen molar-refractivity contribution in [2.45, 2.75) is 37.5 Å². The number of hydrogen-bond acceptors (Lipinski definition) is 0. The lowest BCUT2D eigenvalue weighted by molar-refractivity contribution is 0.550. The highest BCUT2D eigenvalue weighted by atomic mass is 35.5. The van der Waals surface area contributed by atoms with Crippen LogP contribution in [0.3, 0.4) is 0 Å². The fourth-order valence-electron chi connectivity index (χ4n) is 2.20. The number of hydrogen-bond donors (Lipinski definition) is 0. The summed E-state index contributed by atoms with van der Waals surface area (Å²) in [6.07, 6.45) is 2.61. The SMILES string of the molecule is Cc1cc(C2CCC(Cl)C2)c(F)cc1F. The van der Waals surface area contributed by atoms with Gasteiger partial charge in [0.15, 0.2) is 0 Å². The number of aryl methyl sites for hydroxylation is 1. The molecule has 0 spiro atoms. The van der Waals surface area contributed by atoms with Crippen LogP contribution >= 0.6 is 11.6 Å². The van der Waals surface area contributed by atoms with E-state index in [4.69, 9.17) is 11.6 Å². The molecule has 0 aromatic heterocycles. The molecule has 1 aliphatic rings. The van der Waals surface area contributed by atoms with E-state index in [0.717, 1.165) is 25.3 Å². The third-order valence-corrected chi connectivity index (χ3v) is 3.48. The molecule has 2 rings (SSSR count). The summed E-state index contributed by atoms with van der Waals surface area (Å²) in [4.78, 5) is 0. The maximum atomic E-state index is 13.5. The molecule has 2 atom stereocenters. The summed E-state index contributed by atoms with van der Waals surface area (Å²) >= 11 is 5.98. The summed E-state index contributed by atoms with van der Waals surface area (Å²) in [5, 5.41) is 0.139. The van der Waals surface area contributed by atoms with Gasteiger partial charge in [-0.25, -0.2) is 8.78 Å². The zero-order chi connectivity index (χ0) is 11.0. The number of alkyl halides is 1. The highest BCUT2D eigenvalue weighted by Gasteiger charge is 2.26. The first-order chi connectivity index (χ1) is 7.08. The topological polar surface area (TPSA) is 0 Å². The van der Waals surface area contributed by atoms with Crippen LogP contribution in [0.5, 0.6) is 0 Å². The van der Waals surface area contributed by atoms with Gasteiger partial charge in [-0.1, -0.05) is 0 Å². The Labute approximate surface area is 93.2 Å². The molecule has 0 saturated heterocycles. The molecule has 0 bridgehead atoms.